The summed E-state index contributed by atoms with van der Waals surface area (Å²) in [5.74, 6) is 0.542. The van der Waals surface area contributed by atoms with Crippen LogP contribution in [-0.4, -0.2) is 47.1 Å². The largest absolute Gasteiger partial charge is 0.481 e. The number of likely N-dealkylation sites (tertiary alicyclic amines) is 1. The summed E-state index contributed by atoms with van der Waals surface area (Å²) in [7, 11) is 0. The van der Waals surface area contributed by atoms with Gasteiger partial charge in [-0.05, 0) is 42.6 Å². The van der Waals surface area contributed by atoms with Crippen molar-refractivity contribution >= 4 is 5.97 Å². The molecule has 0 bridgehead atoms. The minimum Gasteiger partial charge on any atom is -0.481 e. The Bertz CT molecular complexity index is 825. The van der Waals surface area contributed by atoms with Crippen molar-refractivity contribution in [2.24, 2.45) is 5.41 Å². The maximum Gasteiger partial charge on any atom is 0.312 e. The van der Waals surface area contributed by atoms with E-state index in [1.807, 2.05) is 48.5 Å². The molecule has 0 amide bonds. The van der Waals surface area contributed by atoms with Gasteiger partial charge in [-0.25, -0.2) is 0 Å². The second-order valence-electron chi connectivity index (χ2n) is 7.31. The molecule has 2 aliphatic heterocycles. The zero-order valence-electron chi connectivity index (χ0n) is 15.0. The predicted molar refractivity (Wildman–Crippen MR) is 98.7 cm³/mol. The minimum absolute atomic E-state index is 0.238. The van der Waals surface area contributed by atoms with Crippen LogP contribution >= 0.6 is 0 Å². The molecule has 0 aliphatic carbocycles. The van der Waals surface area contributed by atoms with Gasteiger partial charge in [0.05, 0.1) is 6.10 Å². The summed E-state index contributed by atoms with van der Waals surface area (Å²) in [4.78, 5) is 14.2. The van der Waals surface area contributed by atoms with Gasteiger partial charge in [0.2, 0.25) is 6.79 Å². The van der Waals surface area contributed by atoms with Crippen LogP contribution in [0.4, 0.5) is 0 Å². The summed E-state index contributed by atoms with van der Waals surface area (Å²) in [5, 5.41) is 20.7. The van der Waals surface area contributed by atoms with E-state index in [1.165, 1.54) is 0 Å². The molecule has 0 unspecified atom stereocenters. The van der Waals surface area contributed by atoms with E-state index >= 15 is 0 Å². The Morgan fingerprint density at radius 1 is 1.11 bits per heavy atom. The number of β-amino-alcohol motifs (C(OH)–C–C–N with tert-alkyl or cyclic N) is 1. The van der Waals surface area contributed by atoms with Crippen LogP contribution in [0.2, 0.25) is 0 Å². The topological polar surface area (TPSA) is 79.2 Å². The van der Waals surface area contributed by atoms with Crippen LogP contribution in [0, 0.1) is 5.41 Å². The molecule has 6 heteroatoms. The van der Waals surface area contributed by atoms with Crippen LogP contribution in [0.25, 0.3) is 0 Å². The molecule has 2 atom stereocenters. The minimum atomic E-state index is -1.15. The van der Waals surface area contributed by atoms with Gasteiger partial charge in [0.15, 0.2) is 11.5 Å². The summed E-state index contributed by atoms with van der Waals surface area (Å²) < 4.78 is 10.7. The Labute approximate surface area is 157 Å². The van der Waals surface area contributed by atoms with Crippen molar-refractivity contribution in [3.05, 3.63) is 59.7 Å². The lowest BCUT2D eigenvalue weighted by atomic mass is 9.71. The molecule has 0 radical (unpaired) electrons. The van der Waals surface area contributed by atoms with E-state index in [1.54, 1.807) is 0 Å². The third kappa shape index (κ3) is 3.50. The molecular weight excluding hydrogens is 346 g/mol. The Morgan fingerprint density at radius 3 is 2.63 bits per heavy atom. The average Bonchev–Trinajstić information content (AvgIpc) is 3.12. The van der Waals surface area contributed by atoms with Crippen molar-refractivity contribution in [2.75, 3.05) is 19.9 Å². The van der Waals surface area contributed by atoms with E-state index in [0.717, 1.165) is 22.6 Å². The van der Waals surface area contributed by atoms with Crippen molar-refractivity contribution in [1.82, 2.24) is 4.90 Å². The highest BCUT2D eigenvalue weighted by molar-refractivity contribution is 5.76. The third-order valence-electron chi connectivity index (χ3n) is 5.57. The number of ether oxygens (including phenoxy) is 2. The first-order valence-electron chi connectivity index (χ1n) is 9.13. The van der Waals surface area contributed by atoms with Crippen LogP contribution in [0.1, 0.15) is 17.5 Å². The molecule has 0 saturated carbocycles. The summed E-state index contributed by atoms with van der Waals surface area (Å²) in [6.07, 6.45) is -0.191. The second kappa shape index (κ2) is 7.21. The number of piperidine rings is 1. The quantitative estimate of drug-likeness (QED) is 0.842. The highest BCUT2D eigenvalue weighted by Gasteiger charge is 2.48. The van der Waals surface area contributed by atoms with Crippen LogP contribution < -0.4 is 9.47 Å². The van der Waals surface area contributed by atoms with E-state index < -0.39 is 17.5 Å². The number of rotatable bonds is 5. The number of hydrogen-bond donors (Lipinski definition) is 2. The molecule has 2 aliphatic rings. The Hall–Kier alpha value is -2.57. The highest BCUT2D eigenvalue weighted by atomic mass is 16.7. The number of fused-ring (bicyclic) bond motifs is 1. The second-order valence-corrected chi connectivity index (χ2v) is 7.31. The van der Waals surface area contributed by atoms with Crippen molar-refractivity contribution < 1.29 is 24.5 Å². The molecule has 6 nitrogen and oxygen atoms in total. The van der Waals surface area contributed by atoms with Crippen LogP contribution in [0.3, 0.4) is 0 Å². The Kier molecular flexibility index (Phi) is 4.76. The lowest BCUT2D eigenvalue weighted by Gasteiger charge is -2.43. The van der Waals surface area contributed by atoms with Gasteiger partial charge < -0.3 is 19.7 Å². The monoisotopic (exact) mass is 369 g/mol. The van der Waals surface area contributed by atoms with Gasteiger partial charge in [-0.2, -0.15) is 0 Å². The van der Waals surface area contributed by atoms with Gasteiger partial charge in [-0.3, -0.25) is 9.69 Å². The molecule has 1 saturated heterocycles. The number of carboxylic acids is 1. The van der Waals surface area contributed by atoms with Crippen LogP contribution in [0.5, 0.6) is 11.5 Å². The number of aliphatic hydroxyl groups excluding tert-OH is 1. The van der Waals surface area contributed by atoms with Crippen molar-refractivity contribution in [1.29, 1.82) is 0 Å². The zero-order valence-corrected chi connectivity index (χ0v) is 15.0. The van der Waals surface area contributed by atoms with E-state index in [9.17, 15) is 15.0 Å². The van der Waals surface area contributed by atoms with Gasteiger partial charge in [-0.1, -0.05) is 36.4 Å². The molecule has 1 fully saturated rings. The van der Waals surface area contributed by atoms with Crippen LogP contribution in [-0.2, 0) is 17.8 Å². The Morgan fingerprint density at radius 2 is 1.89 bits per heavy atom. The van der Waals surface area contributed by atoms with E-state index in [2.05, 4.69) is 4.90 Å². The Balaban J connectivity index is 1.46. The highest BCUT2D eigenvalue weighted by Crippen LogP contribution is 2.37. The molecule has 27 heavy (non-hydrogen) atoms. The number of carboxylic acid groups (broad SMARTS) is 1. The van der Waals surface area contributed by atoms with Gasteiger partial charge >= 0.3 is 5.97 Å². The maximum atomic E-state index is 12.1. The number of benzene rings is 2. The number of hydrogen-bond acceptors (Lipinski definition) is 5. The van der Waals surface area contributed by atoms with Crippen molar-refractivity contribution in [2.45, 2.75) is 25.5 Å². The first kappa shape index (κ1) is 17.8. The van der Waals surface area contributed by atoms with Crippen molar-refractivity contribution in [3.8, 4) is 11.5 Å². The smallest absolute Gasteiger partial charge is 0.312 e. The lowest BCUT2D eigenvalue weighted by Crippen LogP contribution is -2.55. The van der Waals surface area contributed by atoms with E-state index in [4.69, 9.17) is 9.47 Å². The average molecular weight is 369 g/mol. The molecule has 2 N–H and O–H groups in total. The molecule has 2 aromatic rings. The van der Waals surface area contributed by atoms with Crippen molar-refractivity contribution in [3.63, 3.8) is 0 Å². The molecule has 142 valence electrons. The first-order chi connectivity index (χ1) is 13.1. The van der Waals surface area contributed by atoms with Gasteiger partial charge in [0.1, 0.15) is 5.41 Å². The van der Waals surface area contributed by atoms with Gasteiger partial charge in [0, 0.05) is 13.1 Å². The third-order valence-corrected chi connectivity index (χ3v) is 5.57. The molecular formula is C21H23NO5. The lowest BCUT2D eigenvalue weighted by molar-refractivity contribution is -0.163. The zero-order chi connectivity index (χ0) is 18.9. The SMILES string of the molecule is O=C(O)[C@@]1(Cc2ccccc2)CCN(Cc2ccc3c(c2)OCO3)C[C@H]1O. The molecule has 2 heterocycles. The van der Waals surface area contributed by atoms with E-state index in [-0.39, 0.29) is 6.79 Å². The summed E-state index contributed by atoms with van der Waals surface area (Å²) >= 11 is 0. The maximum absolute atomic E-state index is 12.1. The molecule has 0 aromatic heterocycles. The normalized spacial score (nSPS) is 24.7. The summed E-state index contributed by atoms with van der Waals surface area (Å²) in [6.45, 7) is 1.81. The number of carbonyl (C=O) groups is 1. The number of aliphatic hydroxyl groups is 1. The standard InChI is InChI=1S/C21H23NO5/c23-19-13-22(12-16-6-7-17-18(10-16)27-14-26-17)9-8-21(19,20(24)25)11-15-4-2-1-3-5-15/h1-7,10,19,23H,8-9,11-14H2,(H,24,25)/t19-,21-/m1/s1. The fourth-order valence-electron chi connectivity index (χ4n) is 3.97. The fourth-order valence-corrected chi connectivity index (χ4v) is 3.97. The summed E-state index contributed by atoms with van der Waals surface area (Å²) in [6, 6.07) is 15.3. The molecule has 0 spiro atoms. The summed E-state index contributed by atoms with van der Waals surface area (Å²) in [5.41, 5.74) is 0.840. The van der Waals surface area contributed by atoms with Gasteiger partial charge in [-0.15, -0.1) is 0 Å². The molecule has 2 aromatic carbocycles. The first-order valence-corrected chi connectivity index (χ1v) is 9.13. The fraction of sp³-hybridized carbons (Fsp3) is 0.381. The van der Waals surface area contributed by atoms with E-state index in [0.29, 0.717) is 32.5 Å². The predicted octanol–water partition coefficient (Wildman–Crippen LogP) is 2.30. The number of aliphatic carboxylic acids is 1. The number of nitrogens with zero attached hydrogens (tertiary/aromatic N) is 1. The molecule has 4 rings (SSSR count). The van der Waals surface area contributed by atoms with Gasteiger partial charge in [0.25, 0.3) is 0 Å². The van der Waals surface area contributed by atoms with Crippen LogP contribution in [0.15, 0.2) is 48.5 Å².